The highest BCUT2D eigenvalue weighted by Crippen LogP contribution is 2.50. The molecule has 14 heteroatoms. The fraction of sp³-hybridized carbons (Fsp3) is 0.448. The second-order valence-electron chi connectivity index (χ2n) is 21.8. The number of nitrogens with zero attached hydrogens (tertiary/aromatic N) is 9. The first-order chi connectivity index (χ1) is 35.0. The summed E-state index contributed by atoms with van der Waals surface area (Å²) in [7, 11) is 3.88. The zero-order valence-corrected chi connectivity index (χ0v) is 41.9. The average Bonchev–Trinajstić information content (AvgIpc) is 4.23. The van der Waals surface area contributed by atoms with Crippen LogP contribution in [0.25, 0.3) is 22.3 Å². The fourth-order valence-corrected chi connectivity index (χ4v) is 13.5. The molecule has 72 heavy (non-hydrogen) atoms. The summed E-state index contributed by atoms with van der Waals surface area (Å²) in [6.07, 6.45) is 14.6. The van der Waals surface area contributed by atoms with Gasteiger partial charge in [0.05, 0.1) is 48.4 Å². The number of carbonyl (C=O) groups is 2. The van der Waals surface area contributed by atoms with Crippen LogP contribution in [-0.4, -0.2) is 111 Å². The molecule has 2 aromatic heterocycles. The van der Waals surface area contributed by atoms with Crippen LogP contribution in [0.4, 0.5) is 20.2 Å². The van der Waals surface area contributed by atoms with Gasteiger partial charge in [0.1, 0.15) is 11.6 Å². The molecule has 6 aliphatic heterocycles. The van der Waals surface area contributed by atoms with Crippen molar-refractivity contribution in [2.24, 2.45) is 14.1 Å². The first-order valence-corrected chi connectivity index (χ1v) is 26.4. The number of carbonyl (C=O) groups excluding carboxylic acids is 2. The SMILES string of the molecule is CC(Cn1cc(-c2ccc(CN3C(=O)C4(CCN(C5CCCNC5)CC4)c4ccccc43)c(F)c2)c[n+]1C)N1CCC(N2CCC3(C2)C(=O)N(Cc2ccc(-c4cnn(C)c4)cc2F)c2ccccc23)CC1. The van der Waals surface area contributed by atoms with Gasteiger partial charge in [-0.2, -0.15) is 9.78 Å². The predicted octanol–water partition coefficient (Wildman–Crippen LogP) is 7.33. The number of aryl methyl sites for hydroxylation is 2. The molecule has 374 valence electrons. The summed E-state index contributed by atoms with van der Waals surface area (Å²) in [6, 6.07) is 28.2. The minimum Gasteiger partial charge on any atom is -0.315 e. The number of hydrogen-bond acceptors (Lipinski definition) is 7. The third-order valence-electron chi connectivity index (χ3n) is 17.7. The zero-order chi connectivity index (χ0) is 49.3. The number of hydrogen-bond donors (Lipinski definition) is 1. The molecular formula is C58H67F2N10O2+. The Hall–Kier alpha value is -6.06. The Morgan fingerprint density at radius 2 is 1.31 bits per heavy atom. The van der Waals surface area contributed by atoms with Crippen molar-refractivity contribution in [2.45, 2.75) is 100 Å². The smallest absolute Gasteiger partial charge is 0.239 e. The number of amides is 2. The minimum atomic E-state index is -0.635. The maximum atomic E-state index is 16.2. The van der Waals surface area contributed by atoms with Gasteiger partial charge in [0, 0.05) is 72.5 Å². The van der Waals surface area contributed by atoms with Gasteiger partial charge in [0.15, 0.2) is 7.05 Å². The molecule has 4 fully saturated rings. The quantitative estimate of drug-likeness (QED) is 0.136. The highest BCUT2D eigenvalue weighted by molar-refractivity contribution is 6.09. The number of nitrogens with one attached hydrogen (secondary N) is 1. The van der Waals surface area contributed by atoms with Crippen LogP contribution in [0.1, 0.15) is 74.1 Å². The molecular weight excluding hydrogens is 907 g/mol. The van der Waals surface area contributed by atoms with E-state index in [-0.39, 0.29) is 42.6 Å². The second-order valence-corrected chi connectivity index (χ2v) is 21.8. The monoisotopic (exact) mass is 974 g/mol. The molecule has 0 bridgehead atoms. The molecule has 0 aliphatic carbocycles. The normalized spacial score (nSPS) is 23.2. The lowest BCUT2D eigenvalue weighted by atomic mass is 9.73. The Bertz CT molecular complexity index is 3020. The molecule has 0 radical (unpaired) electrons. The van der Waals surface area contributed by atoms with Gasteiger partial charge in [0.2, 0.25) is 18.0 Å². The summed E-state index contributed by atoms with van der Waals surface area (Å²) in [6.45, 7) is 10.8. The maximum Gasteiger partial charge on any atom is 0.239 e. The van der Waals surface area contributed by atoms with Gasteiger partial charge in [-0.1, -0.05) is 60.7 Å². The summed E-state index contributed by atoms with van der Waals surface area (Å²) in [5.74, 6) is -0.446. The predicted molar refractivity (Wildman–Crippen MR) is 275 cm³/mol. The molecule has 2 amide bonds. The van der Waals surface area contributed by atoms with Crippen LogP contribution in [-0.2, 0) is 54.1 Å². The van der Waals surface area contributed by atoms with Gasteiger partial charge < -0.3 is 15.1 Å². The van der Waals surface area contributed by atoms with E-state index in [9.17, 15) is 9.59 Å². The molecule has 8 heterocycles. The number of fused-ring (bicyclic) bond motifs is 4. The molecule has 1 N–H and O–H groups in total. The lowest BCUT2D eigenvalue weighted by molar-refractivity contribution is -0.753. The van der Waals surface area contributed by atoms with Gasteiger partial charge in [0.25, 0.3) is 0 Å². The molecule has 12 nitrogen and oxygen atoms in total. The lowest BCUT2D eigenvalue weighted by Gasteiger charge is -2.43. The van der Waals surface area contributed by atoms with E-state index in [1.807, 2.05) is 84.7 Å². The zero-order valence-electron chi connectivity index (χ0n) is 41.9. The Morgan fingerprint density at radius 3 is 1.92 bits per heavy atom. The number of piperidine rings is 3. The van der Waals surface area contributed by atoms with E-state index in [0.717, 1.165) is 129 Å². The van der Waals surface area contributed by atoms with Gasteiger partial charge in [-0.25, -0.2) is 8.78 Å². The van der Waals surface area contributed by atoms with Crippen molar-refractivity contribution in [2.75, 3.05) is 62.2 Å². The van der Waals surface area contributed by atoms with Crippen LogP contribution in [0.2, 0.25) is 0 Å². The van der Waals surface area contributed by atoms with E-state index in [0.29, 0.717) is 29.8 Å². The van der Waals surface area contributed by atoms with E-state index in [2.05, 4.69) is 65.9 Å². The van der Waals surface area contributed by atoms with Crippen LogP contribution in [0.15, 0.2) is 110 Å². The largest absolute Gasteiger partial charge is 0.315 e. The van der Waals surface area contributed by atoms with Crippen molar-refractivity contribution in [3.05, 3.63) is 144 Å². The number of benzene rings is 4. The van der Waals surface area contributed by atoms with Crippen molar-refractivity contribution >= 4 is 23.2 Å². The molecule has 0 saturated carbocycles. The molecule has 6 aromatic rings. The number of likely N-dealkylation sites (tertiary alicyclic amines) is 3. The Kier molecular flexibility index (Phi) is 12.2. The number of halogens is 2. The minimum absolute atomic E-state index is 0.0714. The Balaban J connectivity index is 0.662. The van der Waals surface area contributed by atoms with E-state index >= 15 is 8.78 Å². The van der Waals surface area contributed by atoms with Crippen LogP contribution in [0.5, 0.6) is 0 Å². The highest BCUT2D eigenvalue weighted by atomic mass is 19.1. The number of anilines is 2. The summed E-state index contributed by atoms with van der Waals surface area (Å²) in [5, 5.41) is 7.78. The van der Waals surface area contributed by atoms with Crippen LogP contribution in [0, 0.1) is 11.6 Å². The van der Waals surface area contributed by atoms with Crippen LogP contribution in [0.3, 0.4) is 0 Å². The number of aromatic nitrogens is 4. The van der Waals surface area contributed by atoms with Gasteiger partial charge >= 0.3 is 0 Å². The Labute approximate surface area is 421 Å². The fourth-order valence-electron chi connectivity index (χ4n) is 13.5. The van der Waals surface area contributed by atoms with E-state index in [1.165, 1.54) is 12.8 Å². The Morgan fingerprint density at radius 1 is 0.708 bits per heavy atom. The first kappa shape index (κ1) is 47.0. The standard InChI is InChI=1S/C58H67F2N10O2/c1-40(65-24-18-47(19-25-65)67-28-22-58(39-67)50-11-5-7-13-54(50)70(56(58)72)38-43-16-14-41(29-51(43)59)45-31-62-63(2)34-45)33-68-36-46(35-64(68)3)42-15-17-44(52(60)30-42)37-69-53-12-6-4-10-49(53)57(55(69)71)20-26-66(27-21-57)48-9-8-23-61-32-48/h4-7,10-17,29-31,34-36,40,47-48,61H,8-9,18-28,32-33,37-39H2,1-3H3/q+1. The summed E-state index contributed by atoms with van der Waals surface area (Å²) in [5.41, 5.74) is 7.16. The maximum absolute atomic E-state index is 16.2. The molecule has 3 unspecified atom stereocenters. The van der Waals surface area contributed by atoms with Crippen molar-refractivity contribution in [1.29, 1.82) is 0 Å². The molecule has 3 atom stereocenters. The van der Waals surface area contributed by atoms with Crippen molar-refractivity contribution in [3.63, 3.8) is 0 Å². The highest BCUT2D eigenvalue weighted by Gasteiger charge is 2.56. The van der Waals surface area contributed by atoms with Crippen molar-refractivity contribution in [3.8, 4) is 22.3 Å². The summed E-state index contributed by atoms with van der Waals surface area (Å²) in [4.78, 5) is 40.4. The van der Waals surface area contributed by atoms with E-state index < -0.39 is 10.8 Å². The number of para-hydroxylation sites is 2. The van der Waals surface area contributed by atoms with Crippen LogP contribution >= 0.6 is 0 Å². The van der Waals surface area contributed by atoms with Gasteiger partial charge in [-0.3, -0.25) is 29.0 Å². The second kappa shape index (κ2) is 18.8. The van der Waals surface area contributed by atoms with Gasteiger partial charge in [-0.05, 0) is 138 Å². The molecule has 4 aromatic carbocycles. The molecule has 12 rings (SSSR count). The summed E-state index contributed by atoms with van der Waals surface area (Å²) >= 11 is 0. The molecule has 4 saturated heterocycles. The first-order valence-electron chi connectivity index (χ1n) is 26.4. The molecule has 2 spiro atoms. The van der Waals surface area contributed by atoms with E-state index in [4.69, 9.17) is 0 Å². The lowest BCUT2D eigenvalue weighted by Crippen LogP contribution is -2.54. The van der Waals surface area contributed by atoms with Crippen LogP contribution < -0.4 is 19.8 Å². The third kappa shape index (κ3) is 8.18. The average molecular weight is 974 g/mol. The van der Waals surface area contributed by atoms with Crippen molar-refractivity contribution < 1.29 is 23.1 Å². The van der Waals surface area contributed by atoms with Crippen molar-refractivity contribution in [1.82, 2.24) is 34.5 Å². The van der Waals surface area contributed by atoms with Gasteiger partial charge in [-0.15, -0.1) is 4.68 Å². The number of rotatable bonds is 11. The van der Waals surface area contributed by atoms with E-state index in [1.54, 1.807) is 29.1 Å². The summed E-state index contributed by atoms with van der Waals surface area (Å²) < 4.78 is 37.9. The topological polar surface area (TPSA) is 89.0 Å². The molecule has 6 aliphatic rings. The third-order valence-corrected chi connectivity index (χ3v) is 17.7.